The highest BCUT2D eigenvalue weighted by molar-refractivity contribution is 5.58. The molecule has 0 spiro atoms. The van der Waals surface area contributed by atoms with Crippen LogP contribution in [0.15, 0.2) is 65.6 Å². The first kappa shape index (κ1) is 17.1. The van der Waals surface area contributed by atoms with E-state index in [-0.39, 0.29) is 17.8 Å². The second kappa shape index (κ2) is 6.74. The molecule has 0 saturated carbocycles. The first-order valence-corrected chi connectivity index (χ1v) is 8.83. The van der Waals surface area contributed by atoms with Crippen molar-refractivity contribution in [2.75, 3.05) is 7.05 Å². The van der Waals surface area contributed by atoms with E-state index in [1.165, 1.54) is 0 Å². The maximum Gasteiger partial charge on any atom is 0.213 e. The molecule has 2 aliphatic rings. The highest BCUT2D eigenvalue weighted by Gasteiger charge is 2.41. The van der Waals surface area contributed by atoms with Gasteiger partial charge in [0.25, 0.3) is 0 Å². The van der Waals surface area contributed by atoms with Gasteiger partial charge in [0.2, 0.25) is 11.8 Å². The third-order valence-corrected chi connectivity index (χ3v) is 4.94. The van der Waals surface area contributed by atoms with Gasteiger partial charge in [0.15, 0.2) is 5.82 Å². The first-order chi connectivity index (χ1) is 13.1. The lowest BCUT2D eigenvalue weighted by Gasteiger charge is -2.27. The molecular formula is C20H20N6O. The summed E-state index contributed by atoms with van der Waals surface area (Å²) in [4.78, 5) is 8.57. The molecule has 2 aromatic rings. The van der Waals surface area contributed by atoms with Gasteiger partial charge in [-0.25, -0.2) is 15.4 Å². The minimum Gasteiger partial charge on any atom is -0.423 e. The first-order valence-electron chi connectivity index (χ1n) is 8.83. The van der Waals surface area contributed by atoms with Gasteiger partial charge in [0, 0.05) is 30.6 Å². The van der Waals surface area contributed by atoms with Crippen molar-refractivity contribution < 1.29 is 4.74 Å². The van der Waals surface area contributed by atoms with Crippen molar-refractivity contribution in [2.45, 2.75) is 25.3 Å². The molecule has 1 aromatic heterocycles. The summed E-state index contributed by atoms with van der Waals surface area (Å²) < 4.78 is 5.76. The monoisotopic (exact) mass is 360 g/mol. The Morgan fingerprint density at radius 3 is 2.59 bits per heavy atom. The summed E-state index contributed by atoms with van der Waals surface area (Å²) in [5.41, 5.74) is 12.8. The number of allylic oxidation sites excluding steroid dienone is 1. The van der Waals surface area contributed by atoms with E-state index in [1.807, 2.05) is 36.3 Å². The van der Waals surface area contributed by atoms with E-state index < -0.39 is 0 Å². The average molecular weight is 360 g/mol. The summed E-state index contributed by atoms with van der Waals surface area (Å²) in [5.74, 6) is 1.26. The van der Waals surface area contributed by atoms with Crippen LogP contribution in [-0.4, -0.2) is 28.1 Å². The SMILES string of the molecule is CCC1NN(C)C2=C1C(c1ccc(-c3ncccn3)cc1)C(C#N)=C(N)O2. The third kappa shape index (κ3) is 2.80. The van der Waals surface area contributed by atoms with Gasteiger partial charge in [-0.05, 0) is 18.1 Å². The van der Waals surface area contributed by atoms with Crippen LogP contribution in [-0.2, 0) is 4.74 Å². The number of hydrazine groups is 1. The van der Waals surface area contributed by atoms with Gasteiger partial charge in [-0.2, -0.15) is 5.26 Å². The Hall–Kier alpha value is -3.37. The van der Waals surface area contributed by atoms with E-state index >= 15 is 0 Å². The van der Waals surface area contributed by atoms with Gasteiger partial charge >= 0.3 is 0 Å². The molecule has 3 N–H and O–H groups in total. The Bertz CT molecular complexity index is 958. The lowest BCUT2D eigenvalue weighted by Crippen LogP contribution is -2.34. The molecule has 1 aromatic carbocycles. The molecule has 0 radical (unpaired) electrons. The second-order valence-electron chi connectivity index (χ2n) is 6.53. The standard InChI is InChI=1S/C20H20N6O/c1-3-15-17-16(14(11-21)18(22)27-20(17)26(2)25-15)12-5-7-13(8-6-12)19-23-9-4-10-24-19/h4-10,15-16,25H,3,22H2,1-2H3. The van der Waals surface area contributed by atoms with Crippen molar-refractivity contribution in [3.63, 3.8) is 0 Å². The molecule has 0 fully saturated rings. The summed E-state index contributed by atoms with van der Waals surface area (Å²) in [5, 5.41) is 11.6. The zero-order chi connectivity index (χ0) is 19.0. The maximum atomic E-state index is 9.73. The van der Waals surface area contributed by atoms with Crippen molar-refractivity contribution >= 4 is 0 Å². The molecule has 7 nitrogen and oxygen atoms in total. The van der Waals surface area contributed by atoms with Gasteiger partial charge < -0.3 is 10.5 Å². The van der Waals surface area contributed by atoms with Gasteiger partial charge in [-0.15, -0.1) is 0 Å². The fraction of sp³-hybridized carbons (Fsp3) is 0.250. The minimum absolute atomic E-state index is 0.0867. The van der Waals surface area contributed by atoms with Gasteiger partial charge in [-0.1, -0.05) is 31.2 Å². The number of rotatable bonds is 3. The maximum absolute atomic E-state index is 9.73. The Kier molecular flexibility index (Phi) is 4.26. The number of nitriles is 1. The van der Waals surface area contributed by atoms with E-state index in [0.29, 0.717) is 17.3 Å². The van der Waals surface area contributed by atoms with Crippen LogP contribution in [0.25, 0.3) is 11.4 Å². The Labute approximate surface area is 157 Å². The molecule has 2 atom stereocenters. The van der Waals surface area contributed by atoms with Crippen LogP contribution in [0.2, 0.25) is 0 Å². The summed E-state index contributed by atoms with van der Waals surface area (Å²) in [7, 11) is 1.89. The van der Waals surface area contributed by atoms with Gasteiger partial charge in [0.05, 0.1) is 12.0 Å². The molecule has 2 aliphatic heterocycles. The lowest BCUT2D eigenvalue weighted by atomic mass is 9.80. The molecular weight excluding hydrogens is 340 g/mol. The molecule has 0 bridgehead atoms. The van der Waals surface area contributed by atoms with Gasteiger partial charge in [-0.3, -0.25) is 5.01 Å². The van der Waals surface area contributed by atoms with Crippen LogP contribution in [0, 0.1) is 11.3 Å². The molecule has 3 heterocycles. The fourth-order valence-electron chi connectivity index (χ4n) is 3.66. The van der Waals surface area contributed by atoms with Crippen molar-refractivity contribution in [2.24, 2.45) is 5.73 Å². The number of ether oxygens (including phenoxy) is 1. The largest absolute Gasteiger partial charge is 0.423 e. The number of nitrogens with one attached hydrogen (secondary N) is 1. The Morgan fingerprint density at radius 2 is 1.96 bits per heavy atom. The van der Waals surface area contributed by atoms with E-state index in [2.05, 4.69) is 28.4 Å². The molecule has 7 heteroatoms. The molecule has 0 aliphatic carbocycles. The van der Waals surface area contributed by atoms with Crippen molar-refractivity contribution in [3.05, 3.63) is 71.2 Å². The Balaban J connectivity index is 1.78. The number of hydrogen-bond donors (Lipinski definition) is 2. The molecule has 4 rings (SSSR count). The summed E-state index contributed by atoms with van der Waals surface area (Å²) in [6.45, 7) is 2.10. The summed E-state index contributed by atoms with van der Waals surface area (Å²) >= 11 is 0. The topological polar surface area (TPSA) is 100 Å². The molecule has 0 amide bonds. The normalized spacial score (nSPS) is 21.7. The van der Waals surface area contributed by atoms with Crippen molar-refractivity contribution in [3.8, 4) is 17.5 Å². The van der Waals surface area contributed by atoms with Crippen LogP contribution in [0.3, 0.4) is 0 Å². The number of nitrogens with two attached hydrogens (primary N) is 1. The van der Waals surface area contributed by atoms with E-state index in [4.69, 9.17) is 10.5 Å². The highest BCUT2D eigenvalue weighted by atomic mass is 16.5. The molecule has 0 saturated heterocycles. The van der Waals surface area contributed by atoms with Crippen LogP contribution in [0.5, 0.6) is 0 Å². The zero-order valence-electron chi connectivity index (χ0n) is 15.2. The number of aromatic nitrogens is 2. The van der Waals surface area contributed by atoms with E-state index in [0.717, 1.165) is 23.1 Å². The highest BCUT2D eigenvalue weighted by Crippen LogP contribution is 2.44. The number of hydrogen-bond acceptors (Lipinski definition) is 7. The van der Waals surface area contributed by atoms with Crippen LogP contribution < -0.4 is 11.2 Å². The molecule has 136 valence electrons. The summed E-state index contributed by atoms with van der Waals surface area (Å²) in [6.07, 6.45) is 4.31. The molecule has 2 unspecified atom stereocenters. The average Bonchev–Trinajstić information content (AvgIpc) is 3.03. The predicted octanol–water partition coefficient (Wildman–Crippen LogP) is 2.39. The van der Waals surface area contributed by atoms with Crippen LogP contribution in [0.4, 0.5) is 0 Å². The zero-order valence-corrected chi connectivity index (χ0v) is 15.2. The predicted molar refractivity (Wildman–Crippen MR) is 100 cm³/mol. The number of nitrogens with zero attached hydrogens (tertiary/aromatic N) is 4. The summed E-state index contributed by atoms with van der Waals surface area (Å²) in [6, 6.07) is 12.1. The van der Waals surface area contributed by atoms with E-state index in [9.17, 15) is 5.26 Å². The number of benzene rings is 1. The lowest BCUT2D eigenvalue weighted by molar-refractivity contribution is 0.153. The molecule has 27 heavy (non-hydrogen) atoms. The Morgan fingerprint density at radius 1 is 1.26 bits per heavy atom. The quantitative estimate of drug-likeness (QED) is 0.867. The third-order valence-electron chi connectivity index (χ3n) is 4.94. The van der Waals surface area contributed by atoms with Crippen LogP contribution >= 0.6 is 0 Å². The minimum atomic E-state index is -0.244. The van der Waals surface area contributed by atoms with Crippen LogP contribution in [0.1, 0.15) is 24.8 Å². The fourth-order valence-corrected chi connectivity index (χ4v) is 3.66. The second-order valence-corrected chi connectivity index (χ2v) is 6.53. The van der Waals surface area contributed by atoms with E-state index in [1.54, 1.807) is 18.5 Å². The smallest absolute Gasteiger partial charge is 0.213 e. The van der Waals surface area contributed by atoms with Crippen molar-refractivity contribution in [1.82, 2.24) is 20.4 Å². The van der Waals surface area contributed by atoms with Gasteiger partial charge in [0.1, 0.15) is 11.6 Å². The van der Waals surface area contributed by atoms with Crippen molar-refractivity contribution in [1.29, 1.82) is 5.26 Å².